The fourth-order valence-corrected chi connectivity index (χ4v) is 5.45. The van der Waals surface area contributed by atoms with Gasteiger partial charge in [0, 0.05) is 61.4 Å². The van der Waals surface area contributed by atoms with Gasteiger partial charge in [0.1, 0.15) is 0 Å². The van der Waals surface area contributed by atoms with Gasteiger partial charge in [-0.1, -0.05) is 102 Å². The Bertz CT molecular complexity index is 2750. The van der Waals surface area contributed by atoms with Gasteiger partial charge >= 0.3 is 0 Å². The van der Waals surface area contributed by atoms with Crippen LogP contribution in [0.2, 0.25) is 0 Å². The number of benzene rings is 3. The molecule has 0 saturated carbocycles. The fraction of sp³-hybridized carbons (Fsp3) is 0.283. The molecule has 0 spiro atoms. The Morgan fingerprint density at radius 2 is 1.47 bits per heavy atom. The molecule has 7 aromatic rings. The predicted molar refractivity (Wildman–Crippen MR) is 208 cm³/mol. The molecule has 51 heavy (non-hydrogen) atoms. The Kier molecular flexibility index (Phi) is 7.24. The Labute approximate surface area is 335 Å². The van der Waals surface area contributed by atoms with Crippen molar-refractivity contribution in [3.05, 3.63) is 137 Å². The van der Waals surface area contributed by atoms with Gasteiger partial charge in [-0.15, -0.1) is 53.6 Å². The summed E-state index contributed by atoms with van der Waals surface area (Å²) in [6, 6.07) is 29.3. The van der Waals surface area contributed by atoms with Crippen molar-refractivity contribution in [3.8, 4) is 33.6 Å². The number of fused-ring (bicyclic) bond motifs is 3. The molecule has 0 atom stereocenters. The summed E-state index contributed by atoms with van der Waals surface area (Å²) >= 11 is 0. The average molecular weight is 863 g/mol. The number of hydrogen-bond donors (Lipinski definition) is 0. The number of rotatable bonds is 5. The van der Waals surface area contributed by atoms with Crippen LogP contribution >= 0.6 is 0 Å². The predicted octanol–water partition coefficient (Wildman–Crippen LogP) is 12.2. The number of pyridine rings is 3. The zero-order valence-corrected chi connectivity index (χ0v) is 31.7. The van der Waals surface area contributed by atoms with Crippen LogP contribution in [0.15, 0.2) is 102 Å². The number of aryl methyl sites for hydroxylation is 3. The zero-order valence-electron chi connectivity index (χ0n) is 42.3. The average Bonchev–Trinajstić information content (AvgIpc) is 3.58. The Balaban J connectivity index is 0.000000274. The Morgan fingerprint density at radius 3 is 2.12 bits per heavy atom. The van der Waals surface area contributed by atoms with Crippen LogP contribution in [-0.4, -0.2) is 15.0 Å². The van der Waals surface area contributed by atoms with Gasteiger partial charge < -0.3 is 14.4 Å². The van der Waals surface area contributed by atoms with Crippen molar-refractivity contribution in [3.63, 3.8) is 0 Å². The Hall–Kier alpha value is -4.44. The molecule has 7 rings (SSSR count). The number of nitrogens with zero attached hydrogens (tertiary/aromatic N) is 3. The summed E-state index contributed by atoms with van der Waals surface area (Å²) in [6.07, 6.45) is -0.235. The molecule has 0 bridgehead atoms. The van der Waals surface area contributed by atoms with Crippen molar-refractivity contribution >= 4 is 22.1 Å². The third-order valence-corrected chi connectivity index (χ3v) is 7.55. The van der Waals surface area contributed by atoms with Gasteiger partial charge in [-0.25, -0.2) is 4.98 Å². The first kappa shape index (κ1) is 23.9. The van der Waals surface area contributed by atoms with Gasteiger partial charge in [0.05, 0.1) is 5.58 Å². The molecule has 0 unspecified atom stereocenters. The molecule has 0 aliphatic carbocycles. The van der Waals surface area contributed by atoms with E-state index in [2.05, 4.69) is 27.1 Å². The molecule has 4 aromatic heterocycles. The smallest absolute Gasteiger partial charge is 0.216 e. The van der Waals surface area contributed by atoms with E-state index in [-0.39, 0.29) is 42.6 Å². The van der Waals surface area contributed by atoms with Crippen molar-refractivity contribution in [2.75, 3.05) is 0 Å². The fourth-order valence-electron chi connectivity index (χ4n) is 5.45. The summed E-state index contributed by atoms with van der Waals surface area (Å²) in [5, 5.41) is 1.34. The van der Waals surface area contributed by atoms with Crippen LogP contribution in [0.3, 0.4) is 0 Å². The minimum Gasteiger partial charge on any atom is -0.486 e. The van der Waals surface area contributed by atoms with Gasteiger partial charge in [0.2, 0.25) is 5.71 Å². The number of hydrogen-bond acceptors (Lipinski definition) is 4. The number of aromatic nitrogens is 3. The van der Waals surface area contributed by atoms with E-state index in [1.54, 1.807) is 72.8 Å². The normalized spacial score (nSPS) is 16.7. The van der Waals surface area contributed by atoms with E-state index in [0.29, 0.717) is 61.1 Å². The topological polar surface area (TPSA) is 51.8 Å². The second-order valence-corrected chi connectivity index (χ2v) is 14.1. The summed E-state index contributed by atoms with van der Waals surface area (Å²) in [6.45, 7) is 4.07. The molecule has 0 saturated heterocycles. The second-order valence-electron chi connectivity index (χ2n) is 14.1. The van der Waals surface area contributed by atoms with Crippen molar-refractivity contribution < 1.29 is 42.3 Å². The monoisotopic (exact) mass is 863 g/mol. The first-order valence-corrected chi connectivity index (χ1v) is 16.3. The molecule has 1 radical (unpaired) electrons. The van der Waals surface area contributed by atoms with Crippen molar-refractivity contribution in [2.45, 2.75) is 74.8 Å². The molecule has 0 fully saturated rings. The van der Waals surface area contributed by atoms with Gasteiger partial charge in [-0.05, 0) is 88.6 Å². The van der Waals surface area contributed by atoms with Crippen LogP contribution in [0.25, 0.3) is 55.7 Å². The van der Waals surface area contributed by atoms with Crippen molar-refractivity contribution in [1.29, 1.82) is 0 Å². The van der Waals surface area contributed by atoms with Crippen molar-refractivity contribution in [1.82, 2.24) is 15.0 Å². The maximum Gasteiger partial charge on any atom is 0.216 e. The van der Waals surface area contributed by atoms with Crippen LogP contribution in [0.1, 0.15) is 87.3 Å². The van der Waals surface area contributed by atoms with E-state index < -0.39 is 44.1 Å². The van der Waals surface area contributed by atoms with Crippen LogP contribution in [0, 0.1) is 43.5 Å². The van der Waals surface area contributed by atoms with E-state index in [4.69, 9.17) is 22.2 Å². The number of furan rings is 1. The molecule has 263 valence electrons. The SMILES string of the molecule is [2H]C([2H])([2H])c1c[c-]c(-c2ccc(C([2H])([2H])C(C)(C)C)cn2)cc1.[2H]C([2H])([2H])c1ccc2c(n1)oc1c(-c3cc(-c4ccc(C([2H])([2H])C(C)(C)C)cc4)c(C([2H])([2H])[2H])cn3)[c-]ccc12.[Ir]. The first-order chi connectivity index (χ1) is 28.9. The molecule has 4 nitrogen and oxygen atoms in total. The largest absolute Gasteiger partial charge is 0.486 e. The summed E-state index contributed by atoms with van der Waals surface area (Å²) < 4.78 is 109. The summed E-state index contributed by atoms with van der Waals surface area (Å²) in [4.78, 5) is 13.0. The summed E-state index contributed by atoms with van der Waals surface area (Å²) in [5.41, 5.74) is 3.88. The van der Waals surface area contributed by atoms with Crippen LogP contribution < -0.4 is 0 Å². The maximum absolute atomic E-state index is 8.57. The van der Waals surface area contributed by atoms with E-state index in [9.17, 15) is 0 Å². The molecule has 4 heterocycles. The molecule has 0 aliphatic heterocycles. The second kappa shape index (κ2) is 15.4. The van der Waals surface area contributed by atoms with Gasteiger partial charge in [0.15, 0.2) is 0 Å². The minimum absolute atomic E-state index is 0. The molecule has 0 aliphatic rings. The molecule has 3 aromatic carbocycles. The quantitative estimate of drug-likeness (QED) is 0.162. The van der Waals surface area contributed by atoms with Crippen LogP contribution in [-0.2, 0) is 32.9 Å². The maximum atomic E-state index is 8.57. The van der Waals surface area contributed by atoms with E-state index in [0.717, 1.165) is 0 Å². The third-order valence-electron chi connectivity index (χ3n) is 7.55. The minimum atomic E-state index is -2.44. The summed E-state index contributed by atoms with van der Waals surface area (Å²) in [7, 11) is 0. The molecule has 0 N–H and O–H groups in total. The van der Waals surface area contributed by atoms with Crippen molar-refractivity contribution in [2.24, 2.45) is 10.8 Å². The van der Waals surface area contributed by atoms with Gasteiger partial charge in [0.25, 0.3) is 0 Å². The first-order valence-electron chi connectivity index (χ1n) is 22.8. The van der Waals surface area contributed by atoms with E-state index in [1.807, 2.05) is 41.5 Å². The molecule has 5 heteroatoms. The molecular formula is C46H47IrN3O-2. The van der Waals surface area contributed by atoms with E-state index >= 15 is 0 Å². The van der Waals surface area contributed by atoms with Crippen LogP contribution in [0.4, 0.5) is 0 Å². The van der Waals surface area contributed by atoms with Gasteiger partial charge in [-0.2, -0.15) is 0 Å². The summed E-state index contributed by atoms with van der Waals surface area (Å²) in [5.74, 6) is 0. The van der Waals surface area contributed by atoms with Gasteiger partial charge in [-0.3, -0.25) is 0 Å². The van der Waals surface area contributed by atoms with Crippen LogP contribution in [0.5, 0.6) is 0 Å². The molecule has 0 amide bonds. The van der Waals surface area contributed by atoms with E-state index in [1.165, 1.54) is 24.5 Å². The Morgan fingerprint density at radius 1 is 0.725 bits per heavy atom. The zero-order chi connectivity index (χ0) is 46.7. The standard InChI is InChI=1S/C29H27N2O.C17H20N.Ir/c1-18-17-30-26(15-25(18)21-12-10-20(11-13-21)16-29(3,4)5)24-8-6-7-22-23-14-9-19(2)31-28(23)32-27(22)24;1-13-5-8-15(9-6-13)16-10-7-14(12-18-16)11-17(2,3)4;/h6-7,9-15,17H,16H2,1-5H3;5-8,10,12H,11H2,1-4H3;/q2*-1;/i1D3,2D3,16D2;1D3,11D2;. The molecular weight excluding hydrogens is 803 g/mol. The third kappa shape index (κ3) is 9.47.